The second-order valence-electron chi connectivity index (χ2n) is 7.98. The second-order valence-corrected chi connectivity index (χ2v) is 8.37. The number of nitrogens with one attached hydrogen (secondary N) is 1. The molecule has 164 valence electrons. The molecule has 1 fully saturated rings. The molecule has 7 nitrogen and oxygen atoms in total. The van der Waals surface area contributed by atoms with Gasteiger partial charge in [-0.05, 0) is 67.7 Å². The summed E-state index contributed by atoms with van der Waals surface area (Å²) in [5, 5.41) is 4.15. The highest BCUT2D eigenvalue weighted by Gasteiger charge is 2.42. The van der Waals surface area contributed by atoms with E-state index in [1.54, 1.807) is 6.20 Å². The third-order valence-corrected chi connectivity index (χ3v) is 6.36. The Bertz CT molecular complexity index is 1330. The van der Waals surface area contributed by atoms with Crippen LogP contribution >= 0.6 is 12.2 Å². The van der Waals surface area contributed by atoms with Crippen LogP contribution in [0.15, 0.2) is 79.3 Å². The number of aromatic nitrogens is 3. The van der Waals surface area contributed by atoms with Gasteiger partial charge in [0.05, 0.1) is 23.6 Å². The average Bonchev–Trinajstić information content (AvgIpc) is 3.56. The van der Waals surface area contributed by atoms with E-state index < -0.39 is 0 Å². The molecule has 6 rings (SSSR count). The Labute approximate surface area is 196 Å². The van der Waals surface area contributed by atoms with Crippen LogP contribution in [0.2, 0.25) is 0 Å². The van der Waals surface area contributed by atoms with Crippen molar-refractivity contribution in [2.45, 2.75) is 19.0 Å². The van der Waals surface area contributed by atoms with Gasteiger partial charge in [-0.3, -0.25) is 9.97 Å². The summed E-state index contributed by atoms with van der Waals surface area (Å²) in [5.41, 5.74) is 5.04. The topological polar surface area (TPSA) is 64.4 Å². The van der Waals surface area contributed by atoms with Crippen molar-refractivity contribution in [1.82, 2.24) is 19.9 Å². The van der Waals surface area contributed by atoms with Crippen molar-refractivity contribution in [1.29, 1.82) is 0 Å². The number of fused-ring (bicyclic) bond motifs is 1. The Morgan fingerprint density at radius 1 is 0.970 bits per heavy atom. The molecule has 4 aromatic rings. The van der Waals surface area contributed by atoms with Gasteiger partial charge in [0, 0.05) is 35.5 Å². The van der Waals surface area contributed by atoms with Gasteiger partial charge in [-0.15, -0.1) is 0 Å². The third kappa shape index (κ3) is 3.30. The van der Waals surface area contributed by atoms with Crippen LogP contribution in [0.5, 0.6) is 11.5 Å². The van der Waals surface area contributed by atoms with Crippen molar-refractivity contribution in [2.24, 2.45) is 0 Å². The Balaban J connectivity index is 1.53. The highest BCUT2D eigenvalue weighted by molar-refractivity contribution is 7.80. The molecular formula is C25H21N5O2S. The first-order valence-corrected chi connectivity index (χ1v) is 11.1. The number of aryl methyl sites for hydroxylation is 1. The predicted octanol–water partition coefficient (Wildman–Crippen LogP) is 4.48. The second kappa shape index (κ2) is 7.90. The highest BCUT2D eigenvalue weighted by atomic mass is 32.1. The van der Waals surface area contributed by atoms with E-state index in [4.69, 9.17) is 21.7 Å². The molecular weight excluding hydrogens is 434 g/mol. The molecule has 0 amide bonds. The Morgan fingerprint density at radius 3 is 2.70 bits per heavy atom. The molecule has 5 heterocycles. The summed E-state index contributed by atoms with van der Waals surface area (Å²) >= 11 is 5.86. The highest BCUT2D eigenvalue weighted by Crippen LogP contribution is 2.45. The molecule has 8 heteroatoms. The van der Waals surface area contributed by atoms with E-state index in [0.717, 1.165) is 34.2 Å². The third-order valence-electron chi connectivity index (χ3n) is 6.05. The Morgan fingerprint density at radius 2 is 1.88 bits per heavy atom. The number of ether oxygens (including phenoxy) is 2. The lowest BCUT2D eigenvalue weighted by atomic mass is 10.0. The summed E-state index contributed by atoms with van der Waals surface area (Å²) in [4.78, 5) is 11.1. The Kier molecular flexibility index (Phi) is 4.73. The van der Waals surface area contributed by atoms with Gasteiger partial charge in [-0.2, -0.15) is 0 Å². The van der Waals surface area contributed by atoms with Crippen molar-refractivity contribution < 1.29 is 9.47 Å². The summed E-state index contributed by atoms with van der Waals surface area (Å²) in [7, 11) is 0. The van der Waals surface area contributed by atoms with Crippen LogP contribution in [-0.4, -0.2) is 26.4 Å². The molecule has 1 N–H and O–H groups in total. The quantitative estimate of drug-likeness (QED) is 0.455. The van der Waals surface area contributed by atoms with E-state index in [9.17, 15) is 0 Å². The summed E-state index contributed by atoms with van der Waals surface area (Å²) in [6, 6.07) is 19.9. The van der Waals surface area contributed by atoms with Crippen LogP contribution in [0.4, 0.5) is 5.69 Å². The zero-order valence-electron chi connectivity index (χ0n) is 17.9. The van der Waals surface area contributed by atoms with Gasteiger partial charge < -0.3 is 24.3 Å². The average molecular weight is 456 g/mol. The number of pyridine rings is 2. The predicted molar refractivity (Wildman–Crippen MR) is 129 cm³/mol. The van der Waals surface area contributed by atoms with E-state index in [-0.39, 0.29) is 18.9 Å². The SMILES string of the molecule is Cc1ccc([C@H]2[C@H](c3ccccn3)NC(=S)N2c2ccc3c(c2)OCO3)n1-c1cccnc1. The number of rotatable bonds is 4. The summed E-state index contributed by atoms with van der Waals surface area (Å²) in [5.74, 6) is 1.46. The van der Waals surface area contributed by atoms with Gasteiger partial charge in [0.25, 0.3) is 0 Å². The number of hydrogen-bond donors (Lipinski definition) is 1. The zero-order chi connectivity index (χ0) is 22.4. The summed E-state index contributed by atoms with van der Waals surface area (Å²) in [6.07, 6.45) is 5.47. The minimum Gasteiger partial charge on any atom is -0.454 e. The first kappa shape index (κ1) is 19.8. The molecule has 0 aliphatic carbocycles. The number of anilines is 1. The maximum atomic E-state index is 5.86. The molecule has 0 bridgehead atoms. The van der Waals surface area contributed by atoms with Crippen molar-refractivity contribution in [3.63, 3.8) is 0 Å². The molecule has 2 aliphatic heterocycles. The molecule has 0 saturated carbocycles. The van der Waals surface area contributed by atoms with Gasteiger partial charge >= 0.3 is 0 Å². The lowest BCUT2D eigenvalue weighted by molar-refractivity contribution is 0.174. The normalized spacial score (nSPS) is 19.1. The lowest BCUT2D eigenvalue weighted by Gasteiger charge is -2.29. The molecule has 2 atom stereocenters. The van der Waals surface area contributed by atoms with Gasteiger partial charge in [0.1, 0.15) is 6.04 Å². The number of nitrogens with zero attached hydrogens (tertiary/aromatic N) is 4. The van der Waals surface area contributed by atoms with Gasteiger partial charge in [0.15, 0.2) is 16.6 Å². The molecule has 0 unspecified atom stereocenters. The standard InChI is InChI=1S/C25H21N5O2S/c1-16-7-9-20(29(16)18-5-4-11-26-14-18)24-23(19-6-2-3-12-27-19)28-25(33)30(24)17-8-10-21-22(13-17)32-15-31-21/h2-14,23-24H,15H2,1H3,(H,28,33)/t23-,24-/m0/s1. The fourth-order valence-electron chi connectivity index (χ4n) is 4.60. The van der Waals surface area contributed by atoms with Crippen LogP contribution in [-0.2, 0) is 0 Å². The summed E-state index contributed by atoms with van der Waals surface area (Å²) < 4.78 is 13.4. The largest absolute Gasteiger partial charge is 0.454 e. The van der Waals surface area contributed by atoms with Gasteiger partial charge in [0.2, 0.25) is 6.79 Å². The van der Waals surface area contributed by atoms with Crippen molar-refractivity contribution in [3.05, 3.63) is 96.3 Å². The minimum absolute atomic E-state index is 0.145. The van der Waals surface area contributed by atoms with E-state index in [0.29, 0.717) is 10.9 Å². The van der Waals surface area contributed by atoms with Crippen LogP contribution in [0.25, 0.3) is 5.69 Å². The van der Waals surface area contributed by atoms with E-state index in [2.05, 4.69) is 49.9 Å². The molecule has 3 aromatic heterocycles. The summed E-state index contributed by atoms with van der Waals surface area (Å²) in [6.45, 7) is 2.32. The van der Waals surface area contributed by atoms with Crippen LogP contribution in [0.1, 0.15) is 29.2 Å². The van der Waals surface area contributed by atoms with Crippen LogP contribution < -0.4 is 19.7 Å². The minimum atomic E-state index is -0.151. The van der Waals surface area contributed by atoms with Crippen LogP contribution in [0.3, 0.4) is 0 Å². The molecule has 0 spiro atoms. The fourth-order valence-corrected chi connectivity index (χ4v) is 4.94. The molecule has 1 aromatic carbocycles. The fraction of sp³-hybridized carbons (Fsp3) is 0.160. The smallest absolute Gasteiger partial charge is 0.231 e. The van der Waals surface area contributed by atoms with Gasteiger partial charge in [-0.25, -0.2) is 0 Å². The van der Waals surface area contributed by atoms with Crippen molar-refractivity contribution in [3.8, 4) is 17.2 Å². The van der Waals surface area contributed by atoms with E-state index >= 15 is 0 Å². The first-order chi connectivity index (χ1) is 16.2. The number of thiocarbonyl (C=S) groups is 1. The van der Waals surface area contributed by atoms with Gasteiger partial charge in [-0.1, -0.05) is 6.07 Å². The number of hydrogen-bond acceptors (Lipinski definition) is 5. The first-order valence-electron chi connectivity index (χ1n) is 10.7. The van der Waals surface area contributed by atoms with Crippen LogP contribution in [0, 0.1) is 6.92 Å². The number of benzene rings is 1. The molecule has 2 aliphatic rings. The Hall–Kier alpha value is -3.91. The monoisotopic (exact) mass is 455 g/mol. The molecule has 0 radical (unpaired) electrons. The van der Waals surface area contributed by atoms with E-state index in [1.807, 2.05) is 54.9 Å². The van der Waals surface area contributed by atoms with E-state index in [1.165, 1.54) is 0 Å². The maximum Gasteiger partial charge on any atom is 0.231 e. The lowest BCUT2D eigenvalue weighted by Crippen LogP contribution is -2.30. The zero-order valence-corrected chi connectivity index (χ0v) is 18.7. The van der Waals surface area contributed by atoms with Crippen molar-refractivity contribution >= 4 is 23.0 Å². The van der Waals surface area contributed by atoms with Crippen molar-refractivity contribution in [2.75, 3.05) is 11.7 Å². The molecule has 33 heavy (non-hydrogen) atoms. The maximum absolute atomic E-state index is 5.86. The molecule has 1 saturated heterocycles.